The first-order valence-corrected chi connectivity index (χ1v) is 9.38. The normalized spacial score (nSPS) is 22.2. The average molecular weight is 386 g/mol. The third kappa shape index (κ3) is 3.71. The van der Waals surface area contributed by atoms with E-state index < -0.39 is 0 Å². The van der Waals surface area contributed by atoms with Crippen LogP contribution in [0, 0.1) is 0 Å². The summed E-state index contributed by atoms with van der Waals surface area (Å²) in [6.45, 7) is 0. The second-order valence-electron chi connectivity index (χ2n) is 5.23. The lowest BCUT2D eigenvalue weighted by atomic mass is 9.92. The lowest BCUT2D eigenvalue weighted by molar-refractivity contribution is 0.0921. The van der Waals surface area contributed by atoms with Crippen LogP contribution in [0.25, 0.3) is 9.88 Å². The fourth-order valence-corrected chi connectivity index (χ4v) is 4.70. The number of halogens is 1. The largest absolute Gasteiger partial charge is 0.348 e. The van der Waals surface area contributed by atoms with E-state index in [0.717, 1.165) is 39.4 Å². The number of carbonyl (C=O) groups excluding carboxylic acids is 1. The van der Waals surface area contributed by atoms with E-state index in [-0.39, 0.29) is 11.9 Å². The van der Waals surface area contributed by atoms with Crippen molar-refractivity contribution in [3.63, 3.8) is 0 Å². The minimum atomic E-state index is -0.0754. The molecule has 1 aliphatic carbocycles. The molecule has 3 rings (SSSR count). The first-order valence-electron chi connectivity index (χ1n) is 6.89. The third-order valence-electron chi connectivity index (χ3n) is 3.63. The number of hydrogen-bond donors (Lipinski definition) is 2. The Hall–Kier alpha value is -0.760. The number of thiazole rings is 1. The van der Waals surface area contributed by atoms with Crippen molar-refractivity contribution >= 4 is 44.5 Å². The molecule has 1 aliphatic rings. The van der Waals surface area contributed by atoms with Crippen LogP contribution in [-0.2, 0) is 0 Å². The van der Waals surface area contributed by atoms with E-state index in [1.807, 2.05) is 17.5 Å². The van der Waals surface area contributed by atoms with E-state index in [9.17, 15) is 4.79 Å². The van der Waals surface area contributed by atoms with Gasteiger partial charge in [0.2, 0.25) is 0 Å². The highest BCUT2D eigenvalue weighted by Gasteiger charge is 2.21. The van der Waals surface area contributed by atoms with Gasteiger partial charge in [-0.2, -0.15) is 0 Å². The van der Waals surface area contributed by atoms with Crippen LogP contribution in [0.15, 0.2) is 21.3 Å². The van der Waals surface area contributed by atoms with Gasteiger partial charge in [0.15, 0.2) is 0 Å². The number of aromatic nitrogens is 1. The van der Waals surface area contributed by atoms with Crippen molar-refractivity contribution in [1.29, 1.82) is 0 Å². The van der Waals surface area contributed by atoms with Crippen LogP contribution in [0.1, 0.15) is 36.2 Å². The average Bonchev–Trinajstić information content (AvgIpc) is 3.10. The molecule has 4 nitrogen and oxygen atoms in total. The van der Waals surface area contributed by atoms with Crippen molar-refractivity contribution in [3.05, 3.63) is 27.0 Å². The summed E-state index contributed by atoms with van der Waals surface area (Å²) < 4.78 is 1.07. The Bertz CT molecular complexity index is 632. The van der Waals surface area contributed by atoms with E-state index >= 15 is 0 Å². The molecule has 2 heterocycles. The number of rotatable bonds is 3. The predicted octanol–water partition coefficient (Wildman–Crippen LogP) is 3.63. The monoisotopic (exact) mass is 385 g/mol. The fourth-order valence-electron chi connectivity index (χ4n) is 2.44. The molecule has 0 saturated heterocycles. The molecule has 0 aliphatic heterocycles. The summed E-state index contributed by atoms with van der Waals surface area (Å²) in [5.41, 5.74) is 6.39. The van der Waals surface area contributed by atoms with E-state index in [1.54, 1.807) is 11.3 Å². The van der Waals surface area contributed by atoms with Crippen molar-refractivity contribution < 1.29 is 4.79 Å². The first-order chi connectivity index (χ1) is 10.1. The molecule has 3 N–H and O–H groups in total. The Morgan fingerprint density at radius 2 is 2.10 bits per heavy atom. The summed E-state index contributed by atoms with van der Waals surface area (Å²) in [7, 11) is 0. The molecular weight excluding hydrogens is 370 g/mol. The van der Waals surface area contributed by atoms with Crippen molar-refractivity contribution in [1.82, 2.24) is 10.3 Å². The second kappa shape index (κ2) is 6.56. The van der Waals surface area contributed by atoms with E-state index in [2.05, 4.69) is 26.2 Å². The van der Waals surface area contributed by atoms with Gasteiger partial charge < -0.3 is 11.1 Å². The Balaban J connectivity index is 1.64. The minimum Gasteiger partial charge on any atom is -0.348 e. The Morgan fingerprint density at radius 1 is 1.33 bits per heavy atom. The van der Waals surface area contributed by atoms with Crippen molar-refractivity contribution in [2.24, 2.45) is 5.73 Å². The summed E-state index contributed by atoms with van der Waals surface area (Å²) in [4.78, 5) is 17.8. The maximum atomic E-state index is 12.2. The minimum absolute atomic E-state index is 0.0754. The molecule has 1 fully saturated rings. The van der Waals surface area contributed by atoms with Gasteiger partial charge in [-0.3, -0.25) is 4.79 Å². The first kappa shape index (κ1) is 15.1. The molecule has 0 spiro atoms. The molecule has 2 aromatic rings. The van der Waals surface area contributed by atoms with E-state index in [4.69, 9.17) is 5.73 Å². The third-order valence-corrected chi connectivity index (χ3v) is 6.26. The molecule has 21 heavy (non-hydrogen) atoms. The van der Waals surface area contributed by atoms with Gasteiger partial charge in [-0.05, 0) is 53.7 Å². The van der Waals surface area contributed by atoms with Gasteiger partial charge in [-0.15, -0.1) is 22.7 Å². The molecule has 0 bridgehead atoms. The summed E-state index contributed by atoms with van der Waals surface area (Å²) >= 11 is 6.57. The molecule has 0 atom stereocenters. The van der Waals surface area contributed by atoms with Crippen LogP contribution < -0.4 is 11.1 Å². The standard InChI is InChI=1S/C14H16BrN3OS2/c15-12-6-5-11(21-12)14-18-10(7-20-14)13(19)17-9-3-1-8(16)2-4-9/h5-9H,1-4,16H2,(H,17,19). The number of nitrogens with one attached hydrogen (secondary N) is 1. The summed E-state index contributed by atoms with van der Waals surface area (Å²) in [5.74, 6) is -0.0754. The highest BCUT2D eigenvalue weighted by Crippen LogP contribution is 2.33. The van der Waals surface area contributed by atoms with Gasteiger partial charge in [0, 0.05) is 17.5 Å². The van der Waals surface area contributed by atoms with Crippen LogP contribution in [0.2, 0.25) is 0 Å². The second-order valence-corrected chi connectivity index (χ2v) is 8.55. The molecule has 0 aromatic carbocycles. The van der Waals surface area contributed by atoms with Crippen molar-refractivity contribution in [3.8, 4) is 9.88 Å². The zero-order valence-corrected chi connectivity index (χ0v) is 14.6. The summed E-state index contributed by atoms with van der Waals surface area (Å²) in [6, 6.07) is 4.53. The van der Waals surface area contributed by atoms with Crippen molar-refractivity contribution in [2.75, 3.05) is 0 Å². The fraction of sp³-hybridized carbons (Fsp3) is 0.429. The van der Waals surface area contributed by atoms with Crippen molar-refractivity contribution in [2.45, 2.75) is 37.8 Å². The number of carbonyl (C=O) groups is 1. The SMILES string of the molecule is NC1CCC(NC(=O)c2csc(-c3ccc(Br)s3)n2)CC1. The molecular formula is C14H16BrN3OS2. The summed E-state index contributed by atoms with van der Waals surface area (Å²) in [6.07, 6.45) is 3.89. The quantitative estimate of drug-likeness (QED) is 0.847. The Labute approximate surface area is 139 Å². The lowest BCUT2D eigenvalue weighted by Gasteiger charge is -2.26. The van der Waals surface area contributed by atoms with Gasteiger partial charge in [-0.25, -0.2) is 4.98 Å². The molecule has 1 saturated carbocycles. The van der Waals surface area contributed by atoms with Crippen LogP contribution in [0.4, 0.5) is 0 Å². The van der Waals surface area contributed by atoms with Gasteiger partial charge in [0.25, 0.3) is 5.91 Å². The van der Waals surface area contributed by atoms with Crippen LogP contribution in [0.3, 0.4) is 0 Å². The zero-order chi connectivity index (χ0) is 14.8. The number of nitrogens with zero attached hydrogens (tertiary/aromatic N) is 1. The van der Waals surface area contributed by atoms with Gasteiger partial charge in [-0.1, -0.05) is 0 Å². The Morgan fingerprint density at radius 3 is 2.76 bits per heavy atom. The highest BCUT2D eigenvalue weighted by atomic mass is 79.9. The molecule has 1 amide bonds. The van der Waals surface area contributed by atoms with Crippen LogP contribution in [0.5, 0.6) is 0 Å². The van der Waals surface area contributed by atoms with Crippen LogP contribution >= 0.6 is 38.6 Å². The van der Waals surface area contributed by atoms with E-state index in [0.29, 0.717) is 11.7 Å². The summed E-state index contributed by atoms with van der Waals surface area (Å²) in [5, 5.41) is 5.79. The molecule has 2 aromatic heterocycles. The number of hydrogen-bond acceptors (Lipinski definition) is 5. The van der Waals surface area contributed by atoms with Crippen LogP contribution in [-0.4, -0.2) is 23.0 Å². The molecule has 7 heteroatoms. The topological polar surface area (TPSA) is 68.0 Å². The Kier molecular flexibility index (Phi) is 4.73. The van der Waals surface area contributed by atoms with Gasteiger partial charge >= 0.3 is 0 Å². The number of amides is 1. The zero-order valence-electron chi connectivity index (χ0n) is 11.3. The van der Waals surface area contributed by atoms with E-state index in [1.165, 1.54) is 11.3 Å². The number of nitrogens with two attached hydrogens (primary N) is 1. The van der Waals surface area contributed by atoms with Gasteiger partial charge in [0.1, 0.15) is 10.7 Å². The molecule has 0 unspecified atom stereocenters. The van der Waals surface area contributed by atoms with Gasteiger partial charge in [0.05, 0.1) is 8.66 Å². The smallest absolute Gasteiger partial charge is 0.270 e. The molecule has 112 valence electrons. The molecule has 0 radical (unpaired) electrons. The maximum absolute atomic E-state index is 12.2. The highest BCUT2D eigenvalue weighted by molar-refractivity contribution is 9.11. The predicted molar refractivity (Wildman–Crippen MR) is 90.8 cm³/mol. The lowest BCUT2D eigenvalue weighted by Crippen LogP contribution is -2.40. The number of thiophene rings is 1. The maximum Gasteiger partial charge on any atom is 0.270 e.